The summed E-state index contributed by atoms with van der Waals surface area (Å²) in [5, 5.41) is 8.61. The molecule has 1 N–H and O–H groups in total. The van der Waals surface area contributed by atoms with Crippen molar-refractivity contribution in [2.75, 3.05) is 0 Å². The summed E-state index contributed by atoms with van der Waals surface area (Å²) in [7, 11) is 0. The molecule has 0 amide bonds. The van der Waals surface area contributed by atoms with Gasteiger partial charge in [-0.2, -0.15) is 0 Å². The van der Waals surface area contributed by atoms with E-state index in [9.17, 15) is 0 Å². The Morgan fingerprint density at radius 2 is 1.40 bits per heavy atom. The Morgan fingerprint density at radius 3 is 2.25 bits per heavy atom. The van der Waals surface area contributed by atoms with Crippen molar-refractivity contribution in [2.45, 2.75) is 6.04 Å². The fraction of sp³-hybridized carbons (Fsp3) is 0.0286. The van der Waals surface area contributed by atoms with Crippen molar-refractivity contribution in [3.63, 3.8) is 0 Å². The molecule has 4 aromatic carbocycles. The average molecular weight is 514 g/mol. The third kappa shape index (κ3) is 2.91. The van der Waals surface area contributed by atoms with Crippen molar-refractivity contribution >= 4 is 60.9 Å². The van der Waals surface area contributed by atoms with E-state index in [0.717, 1.165) is 44.8 Å². The molecule has 1 unspecified atom stereocenters. The number of rotatable bonds is 2. The second-order valence-electron chi connectivity index (χ2n) is 10.4. The lowest BCUT2D eigenvalue weighted by Gasteiger charge is -2.25. The van der Waals surface area contributed by atoms with Gasteiger partial charge in [-0.3, -0.25) is 8.97 Å². The summed E-state index contributed by atoms with van der Waals surface area (Å²) in [6, 6.07) is 40.5. The Bertz CT molecular complexity index is 2290. The standard InChI is InChI=1S/C35H23N5/c1-3-10-22(11-4-1)26-21-27(23-12-5-2-6-13-23)38-35(37-26)40-28-16-7-15-25-31-20-24-14-9-19-36-34(24)39(31)29-17-8-18-30(40)33(29)32(25)28/h1-21,26H,(H,37,38). The Kier molecular flexibility index (Phi) is 4.32. The monoisotopic (exact) mass is 513 g/mol. The van der Waals surface area contributed by atoms with Crippen LogP contribution in [0.25, 0.3) is 55.0 Å². The molecule has 0 saturated carbocycles. The number of fused-ring (bicyclic) bond motifs is 5. The topological polar surface area (TPSA) is 46.6 Å². The zero-order valence-electron chi connectivity index (χ0n) is 21.5. The maximum Gasteiger partial charge on any atom is 0.209 e. The van der Waals surface area contributed by atoms with Crippen molar-refractivity contribution in [1.29, 1.82) is 0 Å². The highest BCUT2D eigenvalue weighted by atomic mass is 15.2. The molecule has 0 radical (unpaired) electrons. The normalized spacial score (nSPS) is 15.8. The lowest BCUT2D eigenvalue weighted by atomic mass is 10.0. The van der Waals surface area contributed by atoms with Crippen LogP contribution in [-0.2, 0) is 0 Å². The molecule has 5 heteroatoms. The molecule has 4 aromatic heterocycles. The minimum Gasteiger partial charge on any atom is -0.345 e. The van der Waals surface area contributed by atoms with Gasteiger partial charge in [-0.25, -0.2) is 9.98 Å². The van der Waals surface area contributed by atoms with Crippen LogP contribution in [0.2, 0.25) is 0 Å². The Labute approximate surface area is 229 Å². The zero-order valence-corrected chi connectivity index (χ0v) is 21.5. The van der Waals surface area contributed by atoms with Crippen LogP contribution in [0.1, 0.15) is 17.2 Å². The third-order valence-corrected chi connectivity index (χ3v) is 8.15. The van der Waals surface area contributed by atoms with Gasteiger partial charge >= 0.3 is 0 Å². The molecule has 40 heavy (non-hydrogen) atoms. The summed E-state index contributed by atoms with van der Waals surface area (Å²) in [6.45, 7) is 0. The van der Waals surface area contributed by atoms with Crippen LogP contribution >= 0.6 is 0 Å². The molecule has 5 heterocycles. The minimum absolute atomic E-state index is 0.0187. The van der Waals surface area contributed by atoms with Gasteiger partial charge in [0.1, 0.15) is 5.65 Å². The van der Waals surface area contributed by atoms with Gasteiger partial charge in [0.05, 0.1) is 33.8 Å². The molecule has 0 saturated heterocycles. The van der Waals surface area contributed by atoms with E-state index in [4.69, 9.17) is 9.98 Å². The van der Waals surface area contributed by atoms with E-state index in [2.05, 4.69) is 123 Å². The summed E-state index contributed by atoms with van der Waals surface area (Å²) in [5.74, 6) is 0.819. The van der Waals surface area contributed by atoms with Crippen LogP contribution in [0.3, 0.4) is 0 Å². The van der Waals surface area contributed by atoms with Crippen LogP contribution in [-0.4, -0.2) is 19.9 Å². The van der Waals surface area contributed by atoms with Gasteiger partial charge < -0.3 is 5.32 Å². The van der Waals surface area contributed by atoms with E-state index < -0.39 is 0 Å². The van der Waals surface area contributed by atoms with E-state index in [1.165, 1.54) is 27.2 Å². The molecule has 1 atom stereocenters. The minimum atomic E-state index is -0.0187. The summed E-state index contributed by atoms with van der Waals surface area (Å²) >= 11 is 0. The van der Waals surface area contributed by atoms with Crippen molar-refractivity contribution < 1.29 is 0 Å². The van der Waals surface area contributed by atoms with Gasteiger partial charge in [-0.1, -0.05) is 78.9 Å². The van der Waals surface area contributed by atoms with E-state index in [1.807, 2.05) is 18.3 Å². The maximum atomic E-state index is 5.25. The Hall–Kier alpha value is -5.42. The van der Waals surface area contributed by atoms with Crippen LogP contribution in [0.5, 0.6) is 0 Å². The highest BCUT2D eigenvalue weighted by Crippen LogP contribution is 2.41. The summed E-state index contributed by atoms with van der Waals surface area (Å²) in [6.07, 6.45) is 4.10. The second kappa shape index (κ2) is 8.04. The number of aromatic nitrogens is 3. The first-order valence-corrected chi connectivity index (χ1v) is 13.6. The van der Waals surface area contributed by atoms with Gasteiger partial charge in [-0.15, -0.1) is 0 Å². The Morgan fingerprint density at radius 1 is 0.650 bits per heavy atom. The van der Waals surface area contributed by atoms with Crippen molar-refractivity contribution in [3.05, 3.63) is 139 Å². The number of hydrogen-bond acceptors (Lipinski definition) is 3. The van der Waals surface area contributed by atoms with Crippen LogP contribution in [0.4, 0.5) is 0 Å². The van der Waals surface area contributed by atoms with Gasteiger partial charge in [0.2, 0.25) is 5.96 Å². The maximum absolute atomic E-state index is 5.25. The van der Waals surface area contributed by atoms with Crippen molar-refractivity contribution in [1.82, 2.24) is 19.3 Å². The number of nitrogens with zero attached hydrogens (tertiary/aromatic N) is 4. The molecule has 0 spiro atoms. The molecule has 0 bridgehead atoms. The number of hydrogen-bond donors (Lipinski definition) is 1. The quantitative estimate of drug-likeness (QED) is 0.240. The summed E-state index contributed by atoms with van der Waals surface area (Å²) in [5.41, 5.74) is 8.81. The molecule has 8 aromatic rings. The number of pyridine rings is 2. The molecule has 0 fully saturated rings. The SMILES string of the molecule is C1=C(c2ccccc2)N=C(n2c3cccc4c3c3c2cccc3n2c4cc3cccnc32)NC1c1ccccc1. The smallest absolute Gasteiger partial charge is 0.209 e. The van der Waals surface area contributed by atoms with Gasteiger partial charge in [-0.05, 0) is 48.0 Å². The first-order valence-electron chi connectivity index (χ1n) is 13.6. The van der Waals surface area contributed by atoms with Crippen LogP contribution < -0.4 is 5.32 Å². The second-order valence-corrected chi connectivity index (χ2v) is 10.4. The molecule has 1 aliphatic heterocycles. The summed E-state index contributed by atoms with van der Waals surface area (Å²) in [4.78, 5) is 10.0. The highest BCUT2D eigenvalue weighted by molar-refractivity contribution is 6.29. The lowest BCUT2D eigenvalue weighted by Crippen LogP contribution is -2.35. The zero-order chi connectivity index (χ0) is 26.2. The molecule has 9 rings (SSSR count). The first-order chi connectivity index (χ1) is 19.8. The molecule has 1 aliphatic rings. The van der Waals surface area contributed by atoms with Crippen LogP contribution in [0.15, 0.2) is 133 Å². The highest BCUT2D eigenvalue weighted by Gasteiger charge is 2.26. The molecule has 0 aliphatic carbocycles. The van der Waals surface area contributed by atoms with Crippen molar-refractivity contribution in [3.8, 4) is 0 Å². The lowest BCUT2D eigenvalue weighted by molar-refractivity contribution is 0.760. The number of benzene rings is 4. The largest absolute Gasteiger partial charge is 0.345 e. The predicted molar refractivity (Wildman–Crippen MR) is 164 cm³/mol. The van der Waals surface area contributed by atoms with Gasteiger partial charge in [0.15, 0.2) is 0 Å². The van der Waals surface area contributed by atoms with Crippen molar-refractivity contribution in [2.24, 2.45) is 4.99 Å². The van der Waals surface area contributed by atoms with Gasteiger partial charge in [0, 0.05) is 33.3 Å². The number of aliphatic imine (C=N–C) groups is 1. The third-order valence-electron chi connectivity index (χ3n) is 8.15. The fourth-order valence-corrected chi connectivity index (χ4v) is 6.44. The molecule has 5 nitrogen and oxygen atoms in total. The molecular weight excluding hydrogens is 490 g/mol. The number of nitrogens with one attached hydrogen (secondary N) is 1. The molecule has 188 valence electrons. The van der Waals surface area contributed by atoms with E-state index in [0.29, 0.717) is 0 Å². The molecular formula is C35H23N5. The van der Waals surface area contributed by atoms with E-state index >= 15 is 0 Å². The van der Waals surface area contributed by atoms with E-state index in [1.54, 1.807) is 0 Å². The fourth-order valence-electron chi connectivity index (χ4n) is 6.44. The predicted octanol–water partition coefficient (Wildman–Crippen LogP) is 7.78. The van der Waals surface area contributed by atoms with E-state index in [-0.39, 0.29) is 6.04 Å². The van der Waals surface area contributed by atoms with Gasteiger partial charge in [0.25, 0.3) is 0 Å². The van der Waals surface area contributed by atoms with Crippen LogP contribution in [0, 0.1) is 0 Å². The first kappa shape index (κ1) is 21.5. The summed E-state index contributed by atoms with van der Waals surface area (Å²) < 4.78 is 4.60. The average Bonchev–Trinajstić information content (AvgIpc) is 3.59. The Balaban J connectivity index is 1.37.